The number of hydrogen-bond acceptors (Lipinski definition) is 7. The fraction of sp³-hybridized carbons (Fsp3) is 0.500. The largest absolute Gasteiger partial charge is 0.494 e. The van der Waals surface area contributed by atoms with Crippen molar-refractivity contribution in [1.82, 2.24) is 15.1 Å². The van der Waals surface area contributed by atoms with Crippen LogP contribution in [0, 0.1) is 11.3 Å². The van der Waals surface area contributed by atoms with Gasteiger partial charge in [0.25, 0.3) is 5.22 Å². The smallest absolute Gasteiger partial charge is 0.277 e. The SMILES string of the molecule is CCOc1ccc(-c2nnc(SCC(=O)N(C)C3(C#N)CCCCC3)o2)cc1. The van der Waals surface area contributed by atoms with E-state index in [9.17, 15) is 10.1 Å². The van der Waals surface area contributed by atoms with Gasteiger partial charge in [0.1, 0.15) is 11.3 Å². The monoisotopic (exact) mass is 400 g/mol. The van der Waals surface area contributed by atoms with E-state index in [1.54, 1.807) is 11.9 Å². The van der Waals surface area contributed by atoms with Gasteiger partial charge < -0.3 is 14.1 Å². The number of nitrogens with zero attached hydrogens (tertiary/aromatic N) is 4. The Hall–Kier alpha value is -2.53. The van der Waals surface area contributed by atoms with Gasteiger partial charge in [0.15, 0.2) is 0 Å². The zero-order chi connectivity index (χ0) is 20.0. The third-order valence-electron chi connectivity index (χ3n) is 5.04. The maximum Gasteiger partial charge on any atom is 0.277 e. The van der Waals surface area contributed by atoms with Gasteiger partial charge in [0, 0.05) is 12.6 Å². The molecule has 1 saturated carbocycles. The van der Waals surface area contributed by atoms with Crippen molar-refractivity contribution in [1.29, 1.82) is 5.26 Å². The fourth-order valence-corrected chi connectivity index (χ4v) is 4.04. The first-order valence-corrected chi connectivity index (χ1v) is 10.4. The number of carbonyl (C=O) groups is 1. The highest BCUT2D eigenvalue weighted by Gasteiger charge is 2.38. The van der Waals surface area contributed by atoms with Gasteiger partial charge in [-0.25, -0.2) is 0 Å². The van der Waals surface area contributed by atoms with Crippen LogP contribution in [0.5, 0.6) is 5.75 Å². The number of aromatic nitrogens is 2. The van der Waals surface area contributed by atoms with E-state index in [1.807, 2.05) is 31.2 Å². The van der Waals surface area contributed by atoms with Gasteiger partial charge in [-0.3, -0.25) is 4.79 Å². The topological polar surface area (TPSA) is 92.3 Å². The third-order valence-corrected chi connectivity index (χ3v) is 5.85. The molecule has 1 aliphatic rings. The predicted octanol–water partition coefficient (Wildman–Crippen LogP) is 3.91. The molecule has 148 valence electrons. The number of amides is 1. The van der Waals surface area contributed by atoms with E-state index in [2.05, 4.69) is 16.3 Å². The third kappa shape index (κ3) is 4.47. The molecule has 28 heavy (non-hydrogen) atoms. The Labute approximate surface area is 169 Å². The molecule has 1 aliphatic carbocycles. The maximum absolute atomic E-state index is 12.6. The van der Waals surface area contributed by atoms with Crippen LogP contribution < -0.4 is 4.74 Å². The lowest BCUT2D eigenvalue weighted by Gasteiger charge is -2.38. The van der Waals surface area contributed by atoms with Crippen LogP contribution in [-0.4, -0.2) is 46.0 Å². The summed E-state index contributed by atoms with van der Waals surface area (Å²) in [5.41, 5.74) is 0.106. The molecule has 1 fully saturated rings. The van der Waals surface area contributed by atoms with Crippen LogP contribution in [0.2, 0.25) is 0 Å². The minimum Gasteiger partial charge on any atom is -0.494 e. The van der Waals surface area contributed by atoms with Crippen molar-refractivity contribution in [2.45, 2.75) is 49.8 Å². The lowest BCUT2D eigenvalue weighted by Crippen LogP contribution is -2.50. The molecule has 1 amide bonds. The van der Waals surface area contributed by atoms with Gasteiger partial charge in [-0.2, -0.15) is 5.26 Å². The minimum absolute atomic E-state index is 0.103. The zero-order valence-corrected chi connectivity index (χ0v) is 17.0. The molecular formula is C20H24N4O3S. The van der Waals surface area contributed by atoms with Gasteiger partial charge in [0.2, 0.25) is 11.8 Å². The van der Waals surface area contributed by atoms with Crippen LogP contribution in [0.25, 0.3) is 11.5 Å². The molecule has 1 aromatic heterocycles. The van der Waals surface area contributed by atoms with E-state index in [0.29, 0.717) is 17.7 Å². The Bertz CT molecular complexity index is 838. The van der Waals surface area contributed by atoms with Crippen molar-refractivity contribution in [3.05, 3.63) is 24.3 Å². The predicted molar refractivity (Wildman–Crippen MR) is 106 cm³/mol. The van der Waals surface area contributed by atoms with E-state index >= 15 is 0 Å². The van der Waals surface area contributed by atoms with Crippen molar-refractivity contribution < 1.29 is 13.9 Å². The van der Waals surface area contributed by atoms with Gasteiger partial charge in [-0.1, -0.05) is 31.0 Å². The molecule has 0 spiro atoms. The standard InChI is InChI=1S/C20H24N4O3S/c1-3-26-16-9-7-15(8-10-16)18-22-23-19(27-18)28-13-17(25)24(2)20(14-21)11-5-4-6-12-20/h7-10H,3-6,11-13H2,1-2H3. The second-order valence-electron chi connectivity index (χ2n) is 6.78. The summed E-state index contributed by atoms with van der Waals surface area (Å²) in [6.07, 6.45) is 4.55. The molecular weight excluding hydrogens is 376 g/mol. The molecule has 2 aromatic rings. The summed E-state index contributed by atoms with van der Waals surface area (Å²) >= 11 is 1.19. The summed E-state index contributed by atoms with van der Waals surface area (Å²) in [5, 5.41) is 18.0. The van der Waals surface area contributed by atoms with Crippen LogP contribution >= 0.6 is 11.8 Å². The quantitative estimate of drug-likeness (QED) is 0.651. The van der Waals surface area contributed by atoms with Crippen LogP contribution in [0.4, 0.5) is 0 Å². The van der Waals surface area contributed by atoms with E-state index < -0.39 is 5.54 Å². The van der Waals surface area contributed by atoms with Crippen molar-refractivity contribution >= 4 is 17.7 Å². The molecule has 0 radical (unpaired) electrons. The summed E-state index contributed by atoms with van der Waals surface area (Å²) in [4.78, 5) is 14.2. The summed E-state index contributed by atoms with van der Waals surface area (Å²) in [6.45, 7) is 2.54. The molecule has 0 aliphatic heterocycles. The van der Waals surface area contributed by atoms with E-state index in [0.717, 1.165) is 43.4 Å². The lowest BCUT2D eigenvalue weighted by molar-refractivity contribution is -0.131. The van der Waals surface area contributed by atoms with E-state index in [4.69, 9.17) is 9.15 Å². The fourth-order valence-electron chi connectivity index (χ4n) is 3.36. The first kappa shape index (κ1) is 20.2. The Balaban J connectivity index is 1.59. The number of hydrogen-bond donors (Lipinski definition) is 0. The average molecular weight is 401 g/mol. The Morgan fingerprint density at radius 3 is 2.64 bits per heavy atom. The van der Waals surface area contributed by atoms with Crippen molar-refractivity contribution in [2.24, 2.45) is 0 Å². The second-order valence-corrected chi connectivity index (χ2v) is 7.70. The van der Waals surface area contributed by atoms with Crippen LogP contribution in [0.15, 0.2) is 33.9 Å². The first-order chi connectivity index (χ1) is 13.6. The molecule has 0 N–H and O–H groups in total. The summed E-state index contributed by atoms with van der Waals surface area (Å²) < 4.78 is 11.1. The van der Waals surface area contributed by atoms with Crippen LogP contribution in [0.1, 0.15) is 39.0 Å². The summed E-state index contributed by atoms with van der Waals surface area (Å²) in [5.74, 6) is 1.23. The first-order valence-electron chi connectivity index (χ1n) is 9.45. The highest BCUT2D eigenvalue weighted by atomic mass is 32.2. The average Bonchev–Trinajstić information content (AvgIpc) is 3.22. The number of ether oxygens (including phenoxy) is 1. The number of rotatable bonds is 7. The van der Waals surface area contributed by atoms with Crippen molar-refractivity contribution in [2.75, 3.05) is 19.4 Å². The Morgan fingerprint density at radius 1 is 1.29 bits per heavy atom. The van der Waals surface area contributed by atoms with Crippen molar-refractivity contribution in [3.63, 3.8) is 0 Å². The Kier molecular flexibility index (Phi) is 6.57. The highest BCUT2D eigenvalue weighted by Crippen LogP contribution is 2.33. The maximum atomic E-state index is 12.6. The normalized spacial score (nSPS) is 15.6. The molecule has 8 heteroatoms. The lowest BCUT2D eigenvalue weighted by atomic mass is 9.81. The van der Waals surface area contributed by atoms with Gasteiger partial charge in [0.05, 0.1) is 18.4 Å². The number of nitriles is 1. The van der Waals surface area contributed by atoms with E-state index in [-0.39, 0.29) is 11.7 Å². The highest BCUT2D eigenvalue weighted by molar-refractivity contribution is 7.99. The number of carbonyl (C=O) groups excluding carboxylic acids is 1. The molecule has 7 nitrogen and oxygen atoms in total. The Morgan fingerprint density at radius 2 is 2.00 bits per heavy atom. The number of benzene rings is 1. The minimum atomic E-state index is -0.682. The molecule has 0 unspecified atom stereocenters. The molecule has 1 heterocycles. The molecule has 3 rings (SSSR count). The molecule has 0 bridgehead atoms. The summed E-state index contributed by atoms with van der Waals surface area (Å²) in [6, 6.07) is 9.77. The van der Waals surface area contributed by atoms with Gasteiger partial charge in [-0.05, 0) is 44.0 Å². The molecule has 0 saturated heterocycles. The van der Waals surface area contributed by atoms with Crippen molar-refractivity contribution in [3.8, 4) is 23.3 Å². The molecule has 0 atom stereocenters. The zero-order valence-electron chi connectivity index (χ0n) is 16.2. The molecule has 1 aromatic carbocycles. The number of thioether (sulfide) groups is 1. The van der Waals surface area contributed by atoms with E-state index in [1.165, 1.54) is 11.8 Å². The van der Waals surface area contributed by atoms with Crippen LogP contribution in [0.3, 0.4) is 0 Å². The summed E-state index contributed by atoms with van der Waals surface area (Å²) in [7, 11) is 1.72. The second kappa shape index (κ2) is 9.11. The van der Waals surface area contributed by atoms with Crippen LogP contribution in [-0.2, 0) is 4.79 Å². The van der Waals surface area contributed by atoms with Gasteiger partial charge in [-0.15, -0.1) is 10.2 Å². The van der Waals surface area contributed by atoms with Gasteiger partial charge >= 0.3 is 0 Å².